The standard InChI is InChI=1S/C9H13F3O2/c1-5-2-6(8(13)14)4-7(3-5)9(10,11)12/h5-7H,2-4H2,1H3,(H,13,14). The van der Waals surface area contributed by atoms with Gasteiger partial charge in [0.1, 0.15) is 0 Å². The van der Waals surface area contributed by atoms with Gasteiger partial charge in [0.25, 0.3) is 0 Å². The van der Waals surface area contributed by atoms with Gasteiger partial charge in [-0.1, -0.05) is 6.92 Å². The van der Waals surface area contributed by atoms with E-state index in [0.29, 0.717) is 6.42 Å². The summed E-state index contributed by atoms with van der Waals surface area (Å²) in [5, 5.41) is 8.67. The monoisotopic (exact) mass is 210 g/mol. The van der Waals surface area contributed by atoms with E-state index in [2.05, 4.69) is 0 Å². The molecule has 1 aliphatic rings. The molecule has 0 heterocycles. The number of alkyl halides is 3. The van der Waals surface area contributed by atoms with Crippen LogP contribution in [0.25, 0.3) is 0 Å². The van der Waals surface area contributed by atoms with E-state index in [9.17, 15) is 18.0 Å². The van der Waals surface area contributed by atoms with E-state index in [1.165, 1.54) is 0 Å². The van der Waals surface area contributed by atoms with Gasteiger partial charge in [0.15, 0.2) is 0 Å². The second-order valence-electron chi connectivity index (χ2n) is 4.09. The van der Waals surface area contributed by atoms with Crippen molar-refractivity contribution in [3.05, 3.63) is 0 Å². The summed E-state index contributed by atoms with van der Waals surface area (Å²) in [6, 6.07) is 0. The Bertz CT molecular complexity index is 225. The molecule has 0 aromatic carbocycles. The molecule has 1 saturated carbocycles. The van der Waals surface area contributed by atoms with Crippen molar-refractivity contribution in [1.82, 2.24) is 0 Å². The molecule has 0 aromatic rings. The van der Waals surface area contributed by atoms with Gasteiger partial charge in [-0.05, 0) is 25.2 Å². The van der Waals surface area contributed by atoms with Gasteiger partial charge in [-0.2, -0.15) is 13.2 Å². The quantitative estimate of drug-likeness (QED) is 0.722. The van der Waals surface area contributed by atoms with Gasteiger partial charge in [0.2, 0.25) is 0 Å². The van der Waals surface area contributed by atoms with Crippen LogP contribution in [0.3, 0.4) is 0 Å². The van der Waals surface area contributed by atoms with E-state index in [1.807, 2.05) is 0 Å². The zero-order valence-corrected chi connectivity index (χ0v) is 7.84. The average molecular weight is 210 g/mol. The number of hydrogen-bond donors (Lipinski definition) is 1. The van der Waals surface area contributed by atoms with Crippen LogP contribution in [-0.4, -0.2) is 17.3 Å². The molecule has 1 fully saturated rings. The van der Waals surface area contributed by atoms with Crippen LogP contribution in [0, 0.1) is 17.8 Å². The number of hydrogen-bond acceptors (Lipinski definition) is 1. The Morgan fingerprint density at radius 2 is 1.86 bits per heavy atom. The Morgan fingerprint density at radius 3 is 2.29 bits per heavy atom. The van der Waals surface area contributed by atoms with Gasteiger partial charge in [0.05, 0.1) is 11.8 Å². The third-order valence-corrected chi connectivity index (χ3v) is 2.75. The Labute approximate surface area is 80.1 Å². The third kappa shape index (κ3) is 2.62. The number of carboxylic acid groups (broad SMARTS) is 1. The predicted octanol–water partition coefficient (Wildman–Crippen LogP) is 2.69. The van der Waals surface area contributed by atoms with Gasteiger partial charge < -0.3 is 5.11 Å². The maximum Gasteiger partial charge on any atom is 0.391 e. The van der Waals surface area contributed by atoms with Crippen molar-refractivity contribution in [3.8, 4) is 0 Å². The van der Waals surface area contributed by atoms with Crippen molar-refractivity contribution >= 4 is 5.97 Å². The molecule has 1 aliphatic carbocycles. The fraction of sp³-hybridized carbons (Fsp3) is 0.889. The molecular formula is C9H13F3O2. The van der Waals surface area contributed by atoms with Crippen LogP contribution in [0.2, 0.25) is 0 Å². The first-order valence-electron chi connectivity index (χ1n) is 4.60. The van der Waals surface area contributed by atoms with E-state index in [4.69, 9.17) is 5.11 Å². The Hall–Kier alpha value is -0.740. The largest absolute Gasteiger partial charge is 0.481 e. The normalized spacial score (nSPS) is 34.1. The van der Waals surface area contributed by atoms with Gasteiger partial charge >= 0.3 is 12.1 Å². The topological polar surface area (TPSA) is 37.3 Å². The Morgan fingerprint density at radius 1 is 1.29 bits per heavy atom. The van der Waals surface area contributed by atoms with Crippen LogP contribution in [0.5, 0.6) is 0 Å². The Kier molecular flexibility index (Phi) is 3.07. The lowest BCUT2D eigenvalue weighted by molar-refractivity contribution is -0.192. The molecule has 3 unspecified atom stereocenters. The third-order valence-electron chi connectivity index (χ3n) is 2.75. The summed E-state index contributed by atoms with van der Waals surface area (Å²) in [6.45, 7) is 1.67. The van der Waals surface area contributed by atoms with E-state index in [-0.39, 0.29) is 18.8 Å². The first kappa shape index (κ1) is 11.3. The van der Waals surface area contributed by atoms with Gasteiger partial charge in [0, 0.05) is 0 Å². The first-order valence-corrected chi connectivity index (χ1v) is 4.60. The molecule has 3 atom stereocenters. The Balaban J connectivity index is 2.68. The van der Waals surface area contributed by atoms with Crippen molar-refractivity contribution in [3.63, 3.8) is 0 Å². The molecule has 0 radical (unpaired) electrons. The molecule has 0 bridgehead atoms. The molecule has 0 spiro atoms. The fourth-order valence-corrected chi connectivity index (χ4v) is 2.07. The van der Waals surface area contributed by atoms with Gasteiger partial charge in [-0.3, -0.25) is 4.79 Å². The highest BCUT2D eigenvalue weighted by Crippen LogP contribution is 2.42. The maximum absolute atomic E-state index is 12.4. The minimum absolute atomic E-state index is 0.0628. The van der Waals surface area contributed by atoms with Crippen LogP contribution < -0.4 is 0 Å². The first-order chi connectivity index (χ1) is 6.30. The summed E-state index contributed by atoms with van der Waals surface area (Å²) in [5.74, 6) is -3.53. The predicted molar refractivity (Wildman–Crippen MR) is 43.7 cm³/mol. The van der Waals surface area contributed by atoms with Crippen LogP contribution in [0.15, 0.2) is 0 Å². The molecule has 0 saturated heterocycles. The zero-order valence-electron chi connectivity index (χ0n) is 7.84. The van der Waals surface area contributed by atoms with Crippen molar-refractivity contribution in [2.24, 2.45) is 17.8 Å². The second kappa shape index (κ2) is 3.79. The highest BCUT2D eigenvalue weighted by Gasteiger charge is 2.45. The fourth-order valence-electron chi connectivity index (χ4n) is 2.07. The average Bonchev–Trinajstić information content (AvgIpc) is 2.01. The zero-order chi connectivity index (χ0) is 10.9. The van der Waals surface area contributed by atoms with Crippen LogP contribution in [-0.2, 0) is 4.79 Å². The molecule has 0 aliphatic heterocycles. The van der Waals surface area contributed by atoms with Gasteiger partial charge in [-0.15, -0.1) is 0 Å². The maximum atomic E-state index is 12.4. The lowest BCUT2D eigenvalue weighted by Gasteiger charge is -2.32. The SMILES string of the molecule is CC1CC(C(=O)O)CC(C(F)(F)F)C1. The van der Waals surface area contributed by atoms with Crippen LogP contribution in [0.4, 0.5) is 13.2 Å². The summed E-state index contributed by atoms with van der Waals surface area (Å²) < 4.78 is 37.1. The second-order valence-corrected chi connectivity index (χ2v) is 4.09. The molecule has 82 valence electrons. The summed E-state index contributed by atoms with van der Waals surface area (Å²) in [7, 11) is 0. The number of carbonyl (C=O) groups is 1. The minimum Gasteiger partial charge on any atom is -0.481 e. The smallest absolute Gasteiger partial charge is 0.391 e. The molecule has 2 nitrogen and oxygen atoms in total. The van der Waals surface area contributed by atoms with Crippen LogP contribution >= 0.6 is 0 Å². The van der Waals surface area contributed by atoms with E-state index in [0.717, 1.165) is 0 Å². The summed E-state index contributed by atoms with van der Waals surface area (Å²) in [5.41, 5.74) is 0. The number of carboxylic acids is 1. The van der Waals surface area contributed by atoms with Gasteiger partial charge in [-0.25, -0.2) is 0 Å². The molecule has 1 rings (SSSR count). The minimum atomic E-state index is -4.25. The number of halogens is 3. The molecule has 0 aromatic heterocycles. The highest BCUT2D eigenvalue weighted by atomic mass is 19.4. The number of rotatable bonds is 1. The summed E-state index contributed by atoms with van der Waals surface area (Å²) >= 11 is 0. The summed E-state index contributed by atoms with van der Waals surface area (Å²) in [4.78, 5) is 10.6. The molecule has 5 heteroatoms. The molecule has 1 N–H and O–H groups in total. The lowest BCUT2D eigenvalue weighted by atomic mass is 9.75. The molecule has 0 amide bonds. The van der Waals surface area contributed by atoms with E-state index >= 15 is 0 Å². The highest BCUT2D eigenvalue weighted by molar-refractivity contribution is 5.70. The van der Waals surface area contributed by atoms with E-state index in [1.54, 1.807) is 6.92 Å². The van der Waals surface area contributed by atoms with Crippen molar-refractivity contribution in [2.45, 2.75) is 32.4 Å². The van der Waals surface area contributed by atoms with Crippen molar-refractivity contribution in [1.29, 1.82) is 0 Å². The summed E-state index contributed by atoms with van der Waals surface area (Å²) in [6.07, 6.45) is -4.08. The van der Waals surface area contributed by atoms with E-state index < -0.39 is 24.0 Å². The van der Waals surface area contributed by atoms with Crippen molar-refractivity contribution < 1.29 is 23.1 Å². The van der Waals surface area contributed by atoms with Crippen LogP contribution in [0.1, 0.15) is 26.2 Å². The van der Waals surface area contributed by atoms with Crippen molar-refractivity contribution in [2.75, 3.05) is 0 Å². The number of aliphatic carboxylic acids is 1. The lowest BCUT2D eigenvalue weighted by Crippen LogP contribution is -2.34. The molecule has 14 heavy (non-hydrogen) atoms. The molecular weight excluding hydrogens is 197 g/mol.